The molecule has 3 N–H and O–H groups in total. The Morgan fingerprint density at radius 1 is 0.412 bits per heavy atom. The van der Waals surface area contributed by atoms with E-state index in [4.69, 9.17) is 4.74 Å². The van der Waals surface area contributed by atoms with Crippen LogP contribution in [0.2, 0.25) is 0 Å². The summed E-state index contributed by atoms with van der Waals surface area (Å²) < 4.78 is 5.49. The molecule has 0 aliphatic rings. The zero-order valence-corrected chi connectivity index (χ0v) is 45.3. The molecule has 0 saturated carbocycles. The van der Waals surface area contributed by atoms with Gasteiger partial charge in [-0.2, -0.15) is 0 Å². The molecule has 0 rings (SSSR count). The fraction of sp³-hybridized carbons (Fsp3) is 0.839. The normalized spacial score (nSPS) is 12.9. The fourth-order valence-corrected chi connectivity index (χ4v) is 8.95. The van der Waals surface area contributed by atoms with Gasteiger partial charge >= 0.3 is 5.97 Å². The third-order valence-corrected chi connectivity index (χ3v) is 13.6. The number of allylic oxidation sites excluding steroid dienone is 7. The molecule has 0 bridgehead atoms. The number of hydrogen-bond acceptors (Lipinski definition) is 5. The third-order valence-electron chi connectivity index (χ3n) is 13.6. The standard InChI is InChI=1S/C62H115NO5/c1-3-5-7-9-11-13-15-16-17-26-30-33-36-40-44-48-52-56-62(67)68-57-53-49-45-41-37-34-31-28-25-23-21-19-18-20-22-24-27-29-32-35-39-43-47-51-55-61(66)63-59(58-64)60(65)54-50-46-42-38-14-12-10-8-6-4-2/h11,13,16-17,20,22,50,54,59-60,64-65H,3-10,12,14-15,18-19,21,23-49,51-53,55-58H2,1-2H3,(H,63,66)/b13-11-,17-16-,22-20-,54-50+. The molecule has 0 aromatic heterocycles. The highest BCUT2D eigenvalue weighted by atomic mass is 16.5. The molecule has 0 aromatic rings. The van der Waals surface area contributed by atoms with Crippen molar-refractivity contribution in [3.05, 3.63) is 48.6 Å². The maximum Gasteiger partial charge on any atom is 0.305 e. The van der Waals surface area contributed by atoms with Crippen LogP contribution in [0.5, 0.6) is 0 Å². The number of unbranched alkanes of at least 4 members (excludes halogenated alkanes) is 38. The minimum absolute atomic E-state index is 0.00369. The number of hydrogen-bond donors (Lipinski definition) is 3. The summed E-state index contributed by atoms with van der Waals surface area (Å²) in [6, 6.07) is -0.630. The summed E-state index contributed by atoms with van der Waals surface area (Å²) in [5.41, 5.74) is 0. The molecule has 2 atom stereocenters. The van der Waals surface area contributed by atoms with Crippen molar-refractivity contribution in [2.75, 3.05) is 13.2 Å². The molecule has 0 heterocycles. The number of aliphatic hydroxyl groups is 2. The van der Waals surface area contributed by atoms with Gasteiger partial charge in [-0.05, 0) is 89.9 Å². The van der Waals surface area contributed by atoms with E-state index in [0.29, 0.717) is 19.4 Å². The van der Waals surface area contributed by atoms with Crippen LogP contribution in [0.15, 0.2) is 48.6 Å². The molecule has 0 aliphatic heterocycles. The summed E-state index contributed by atoms with van der Waals surface area (Å²) in [6.07, 6.45) is 72.9. The van der Waals surface area contributed by atoms with Gasteiger partial charge in [0.2, 0.25) is 5.91 Å². The maximum absolute atomic E-state index is 12.4. The van der Waals surface area contributed by atoms with Crippen molar-refractivity contribution in [1.29, 1.82) is 0 Å². The van der Waals surface area contributed by atoms with Crippen LogP contribution in [0.25, 0.3) is 0 Å². The van der Waals surface area contributed by atoms with Crippen molar-refractivity contribution in [3.63, 3.8) is 0 Å². The van der Waals surface area contributed by atoms with Crippen molar-refractivity contribution in [1.82, 2.24) is 5.32 Å². The highest BCUT2D eigenvalue weighted by molar-refractivity contribution is 5.76. The number of amides is 1. The molecule has 0 aliphatic carbocycles. The van der Waals surface area contributed by atoms with Crippen LogP contribution >= 0.6 is 0 Å². The van der Waals surface area contributed by atoms with Crippen LogP contribution in [0.3, 0.4) is 0 Å². The Bertz CT molecular complexity index is 1150. The van der Waals surface area contributed by atoms with Gasteiger partial charge in [0.05, 0.1) is 25.4 Å². The highest BCUT2D eigenvalue weighted by Gasteiger charge is 2.18. The molecule has 2 unspecified atom stereocenters. The lowest BCUT2D eigenvalue weighted by atomic mass is 10.0. The van der Waals surface area contributed by atoms with E-state index < -0.39 is 12.1 Å². The van der Waals surface area contributed by atoms with Gasteiger partial charge in [-0.15, -0.1) is 0 Å². The van der Waals surface area contributed by atoms with E-state index >= 15 is 0 Å². The first-order chi connectivity index (χ1) is 33.5. The van der Waals surface area contributed by atoms with Crippen molar-refractivity contribution >= 4 is 11.9 Å². The number of carbonyl (C=O) groups excluding carboxylic acids is 2. The van der Waals surface area contributed by atoms with Crippen molar-refractivity contribution < 1.29 is 24.5 Å². The molecule has 68 heavy (non-hydrogen) atoms. The predicted octanol–water partition coefficient (Wildman–Crippen LogP) is 18.6. The molecular weight excluding hydrogens is 839 g/mol. The lowest BCUT2D eigenvalue weighted by Crippen LogP contribution is -2.45. The van der Waals surface area contributed by atoms with Crippen LogP contribution in [0.1, 0.15) is 309 Å². The third kappa shape index (κ3) is 53.2. The molecule has 6 nitrogen and oxygen atoms in total. The summed E-state index contributed by atoms with van der Waals surface area (Å²) in [7, 11) is 0. The molecule has 0 spiro atoms. The highest BCUT2D eigenvalue weighted by Crippen LogP contribution is 2.16. The molecule has 6 heteroatoms. The van der Waals surface area contributed by atoms with Crippen molar-refractivity contribution in [2.24, 2.45) is 0 Å². The van der Waals surface area contributed by atoms with E-state index in [1.807, 2.05) is 6.08 Å². The number of esters is 1. The average Bonchev–Trinajstić information content (AvgIpc) is 3.34. The van der Waals surface area contributed by atoms with Crippen molar-refractivity contribution in [3.8, 4) is 0 Å². The maximum atomic E-state index is 12.4. The van der Waals surface area contributed by atoms with Crippen LogP contribution in [0, 0.1) is 0 Å². The Kier molecular flexibility index (Phi) is 55.6. The quantitative estimate of drug-likeness (QED) is 0.0321. The summed E-state index contributed by atoms with van der Waals surface area (Å²) >= 11 is 0. The fourth-order valence-electron chi connectivity index (χ4n) is 8.95. The molecule has 1 amide bonds. The number of aliphatic hydroxyl groups excluding tert-OH is 2. The van der Waals surface area contributed by atoms with Crippen molar-refractivity contribution in [2.45, 2.75) is 321 Å². The molecule has 0 aromatic carbocycles. The average molecular weight is 955 g/mol. The molecular formula is C62H115NO5. The molecule has 0 saturated heterocycles. The summed E-state index contributed by atoms with van der Waals surface area (Å²) in [5.74, 6) is -0.0712. The van der Waals surface area contributed by atoms with E-state index in [1.54, 1.807) is 6.08 Å². The Balaban J connectivity index is 3.40. The van der Waals surface area contributed by atoms with E-state index in [0.717, 1.165) is 51.4 Å². The van der Waals surface area contributed by atoms with Gasteiger partial charge in [0.25, 0.3) is 0 Å². The zero-order valence-electron chi connectivity index (χ0n) is 45.3. The van der Waals surface area contributed by atoms with Gasteiger partial charge in [-0.3, -0.25) is 9.59 Å². The molecule has 0 radical (unpaired) electrons. The summed E-state index contributed by atoms with van der Waals surface area (Å²) in [4.78, 5) is 24.5. The van der Waals surface area contributed by atoms with Gasteiger partial charge in [0, 0.05) is 12.8 Å². The number of rotatable bonds is 55. The first-order valence-corrected chi connectivity index (χ1v) is 29.9. The van der Waals surface area contributed by atoms with Crippen LogP contribution in [0.4, 0.5) is 0 Å². The largest absolute Gasteiger partial charge is 0.466 e. The topological polar surface area (TPSA) is 95.9 Å². The Morgan fingerprint density at radius 2 is 0.735 bits per heavy atom. The number of carbonyl (C=O) groups is 2. The molecule has 398 valence electrons. The Hall–Kier alpha value is -2.18. The van der Waals surface area contributed by atoms with Gasteiger partial charge in [0.1, 0.15) is 0 Å². The molecule has 0 fully saturated rings. The van der Waals surface area contributed by atoms with E-state index in [2.05, 4.69) is 55.6 Å². The second-order valence-electron chi connectivity index (χ2n) is 20.3. The van der Waals surface area contributed by atoms with E-state index in [-0.39, 0.29) is 18.5 Å². The monoisotopic (exact) mass is 954 g/mol. The SMILES string of the molecule is CCCCC/C=C\C/C=C\CCCCCCCCCC(=O)OCCCCCCCCCCCCCC/C=C\CCCCCCCCCCC(=O)NC(CO)C(O)/C=C/CCCCCCCCCC. The number of ether oxygens (including phenoxy) is 1. The van der Waals surface area contributed by atoms with Crippen LogP contribution < -0.4 is 5.32 Å². The van der Waals surface area contributed by atoms with Gasteiger partial charge in [-0.1, -0.05) is 255 Å². The summed E-state index contributed by atoms with van der Waals surface area (Å²) in [6.45, 7) is 4.85. The smallest absolute Gasteiger partial charge is 0.305 e. The predicted molar refractivity (Wildman–Crippen MR) is 296 cm³/mol. The lowest BCUT2D eigenvalue weighted by Gasteiger charge is -2.20. The summed E-state index contributed by atoms with van der Waals surface area (Å²) in [5, 5.41) is 23.0. The Morgan fingerprint density at radius 3 is 1.16 bits per heavy atom. The zero-order chi connectivity index (χ0) is 49.3. The van der Waals surface area contributed by atoms with Gasteiger partial charge in [0.15, 0.2) is 0 Å². The lowest BCUT2D eigenvalue weighted by molar-refractivity contribution is -0.143. The van der Waals surface area contributed by atoms with Gasteiger partial charge < -0.3 is 20.3 Å². The van der Waals surface area contributed by atoms with Crippen LogP contribution in [-0.4, -0.2) is 47.4 Å². The first-order valence-electron chi connectivity index (χ1n) is 29.9. The second-order valence-corrected chi connectivity index (χ2v) is 20.3. The van der Waals surface area contributed by atoms with E-state index in [1.165, 1.54) is 231 Å². The first kappa shape index (κ1) is 65.8. The minimum Gasteiger partial charge on any atom is -0.466 e. The second kappa shape index (κ2) is 57.4. The minimum atomic E-state index is -0.846. The number of nitrogens with one attached hydrogen (secondary N) is 1. The van der Waals surface area contributed by atoms with Gasteiger partial charge in [-0.25, -0.2) is 0 Å². The van der Waals surface area contributed by atoms with E-state index in [9.17, 15) is 19.8 Å². The Labute approximate surface area is 423 Å². The van der Waals surface area contributed by atoms with Crippen LogP contribution in [-0.2, 0) is 14.3 Å².